The van der Waals surface area contributed by atoms with Crippen molar-refractivity contribution in [1.82, 2.24) is 10.2 Å². The molecule has 0 fully saturated rings. The number of ketones is 1. The third-order valence-corrected chi connectivity index (χ3v) is 2.08. The molecule has 0 saturated heterocycles. The number of hydrogen-bond donors (Lipinski definition) is 0. The fraction of sp³-hybridized carbons (Fsp3) is 0.182. The van der Waals surface area contributed by atoms with E-state index in [0.29, 0.717) is 11.6 Å². The summed E-state index contributed by atoms with van der Waals surface area (Å²) in [6.45, 7) is 0. The van der Waals surface area contributed by atoms with Crippen LogP contribution < -0.4 is 4.74 Å². The number of rotatable bonds is 4. The Balaban J connectivity index is 2.09. The van der Waals surface area contributed by atoms with E-state index in [1.54, 1.807) is 18.2 Å². The van der Waals surface area contributed by atoms with Gasteiger partial charge in [-0.2, -0.15) is 0 Å². The van der Waals surface area contributed by atoms with Crippen LogP contribution in [-0.2, 0) is 6.42 Å². The molecule has 0 aliphatic heterocycles. The van der Waals surface area contributed by atoms with E-state index in [9.17, 15) is 4.79 Å². The monoisotopic (exact) mass is 218 g/mol. The first-order chi connectivity index (χ1) is 7.79. The number of hydrogen-bond acceptors (Lipinski definition) is 5. The van der Waals surface area contributed by atoms with Gasteiger partial charge in [0.05, 0.1) is 19.6 Å². The molecule has 2 aromatic heterocycles. The van der Waals surface area contributed by atoms with Crippen molar-refractivity contribution < 1.29 is 13.9 Å². The van der Waals surface area contributed by atoms with E-state index < -0.39 is 0 Å². The highest BCUT2D eigenvalue weighted by Crippen LogP contribution is 2.08. The van der Waals surface area contributed by atoms with Gasteiger partial charge in [-0.05, 0) is 17.7 Å². The van der Waals surface area contributed by atoms with Gasteiger partial charge in [-0.1, -0.05) is 0 Å². The highest BCUT2D eigenvalue weighted by atomic mass is 16.5. The minimum atomic E-state index is -0.100. The van der Waals surface area contributed by atoms with Crippen molar-refractivity contribution in [3.05, 3.63) is 42.0 Å². The maximum atomic E-state index is 11.7. The molecule has 82 valence electrons. The summed E-state index contributed by atoms with van der Waals surface area (Å²) >= 11 is 0. The predicted molar refractivity (Wildman–Crippen MR) is 55.3 cm³/mol. The van der Waals surface area contributed by atoms with E-state index in [2.05, 4.69) is 10.2 Å². The summed E-state index contributed by atoms with van der Waals surface area (Å²) in [6, 6.07) is 4.94. The minimum absolute atomic E-state index is 0.100. The topological polar surface area (TPSA) is 65.2 Å². The smallest absolute Gasteiger partial charge is 0.233 e. The molecule has 0 N–H and O–H groups in total. The Bertz CT molecular complexity index is 462. The number of aromatic nitrogens is 2. The third kappa shape index (κ3) is 2.25. The van der Waals surface area contributed by atoms with Crippen molar-refractivity contribution in [2.75, 3.05) is 7.11 Å². The second-order valence-corrected chi connectivity index (χ2v) is 3.19. The largest absolute Gasteiger partial charge is 0.480 e. The van der Waals surface area contributed by atoms with E-state index >= 15 is 0 Å². The van der Waals surface area contributed by atoms with Crippen LogP contribution in [0.15, 0.2) is 35.1 Å². The molecule has 0 unspecified atom stereocenters. The molecule has 0 aliphatic carbocycles. The number of furan rings is 1. The van der Waals surface area contributed by atoms with Gasteiger partial charge in [-0.15, -0.1) is 10.2 Å². The first-order valence-corrected chi connectivity index (χ1v) is 4.71. The fourth-order valence-electron chi connectivity index (χ4n) is 1.25. The van der Waals surface area contributed by atoms with E-state index in [-0.39, 0.29) is 12.2 Å². The summed E-state index contributed by atoms with van der Waals surface area (Å²) in [5, 5.41) is 7.51. The Kier molecular flexibility index (Phi) is 2.95. The lowest BCUT2D eigenvalue weighted by molar-refractivity contribution is 0.0987. The normalized spacial score (nSPS) is 10.1. The predicted octanol–water partition coefficient (Wildman–Crippen LogP) is 1.50. The van der Waals surface area contributed by atoms with Crippen molar-refractivity contribution in [1.29, 1.82) is 0 Å². The van der Waals surface area contributed by atoms with Gasteiger partial charge in [0.25, 0.3) is 0 Å². The van der Waals surface area contributed by atoms with Gasteiger partial charge in [0.2, 0.25) is 5.88 Å². The Morgan fingerprint density at radius 1 is 1.38 bits per heavy atom. The van der Waals surface area contributed by atoms with Gasteiger partial charge in [0.15, 0.2) is 5.78 Å². The van der Waals surface area contributed by atoms with Gasteiger partial charge in [0, 0.05) is 12.5 Å². The lowest BCUT2D eigenvalue weighted by Crippen LogP contribution is -2.06. The Hall–Kier alpha value is -2.17. The molecule has 2 heterocycles. The van der Waals surface area contributed by atoms with E-state index in [1.807, 2.05) is 0 Å². The summed E-state index contributed by atoms with van der Waals surface area (Å²) < 4.78 is 9.73. The highest BCUT2D eigenvalue weighted by Gasteiger charge is 2.10. The number of nitrogens with zero attached hydrogens (tertiary/aromatic N) is 2. The van der Waals surface area contributed by atoms with Crippen LogP contribution in [0.1, 0.15) is 16.1 Å². The van der Waals surface area contributed by atoms with Gasteiger partial charge in [-0.3, -0.25) is 4.79 Å². The number of carbonyl (C=O) groups excluding carboxylic acids is 1. The molecule has 0 amide bonds. The van der Waals surface area contributed by atoms with Crippen LogP contribution in [0, 0.1) is 0 Å². The molecule has 5 nitrogen and oxygen atoms in total. The second kappa shape index (κ2) is 4.57. The number of methoxy groups -OCH3 is 1. The molecule has 2 rings (SSSR count). The summed E-state index contributed by atoms with van der Waals surface area (Å²) in [5.74, 6) is 0.288. The zero-order chi connectivity index (χ0) is 11.4. The average Bonchev–Trinajstić information content (AvgIpc) is 2.82. The van der Waals surface area contributed by atoms with Crippen LogP contribution in [0.25, 0.3) is 0 Å². The van der Waals surface area contributed by atoms with E-state index in [0.717, 1.165) is 5.56 Å². The minimum Gasteiger partial charge on any atom is -0.480 e. The van der Waals surface area contributed by atoms with Gasteiger partial charge in [-0.25, -0.2) is 0 Å². The number of Topliss-reactive ketones (excluding diaryl/α,β-unsaturated/α-hetero) is 1. The summed E-state index contributed by atoms with van der Waals surface area (Å²) in [5.41, 5.74) is 1.14. The summed E-state index contributed by atoms with van der Waals surface area (Å²) in [7, 11) is 1.50. The molecule has 0 aliphatic rings. The molecular formula is C11H10N2O3. The lowest BCUT2D eigenvalue weighted by Gasteiger charge is -1.99. The first kappa shape index (κ1) is 10.4. The molecule has 0 aromatic carbocycles. The van der Waals surface area contributed by atoms with Crippen LogP contribution in [0.2, 0.25) is 0 Å². The van der Waals surface area contributed by atoms with Gasteiger partial charge >= 0.3 is 0 Å². The Labute approximate surface area is 92.1 Å². The highest BCUT2D eigenvalue weighted by molar-refractivity contribution is 5.95. The van der Waals surface area contributed by atoms with Crippen LogP contribution >= 0.6 is 0 Å². The number of carbonyl (C=O) groups is 1. The van der Waals surface area contributed by atoms with Crippen molar-refractivity contribution in [3.63, 3.8) is 0 Å². The Morgan fingerprint density at radius 2 is 2.25 bits per heavy atom. The van der Waals surface area contributed by atoms with Crippen molar-refractivity contribution in [2.45, 2.75) is 6.42 Å². The zero-order valence-corrected chi connectivity index (χ0v) is 8.71. The van der Waals surface area contributed by atoms with Crippen molar-refractivity contribution in [2.24, 2.45) is 0 Å². The quantitative estimate of drug-likeness (QED) is 0.727. The summed E-state index contributed by atoms with van der Waals surface area (Å²) in [4.78, 5) is 11.7. The van der Waals surface area contributed by atoms with E-state index in [1.165, 1.54) is 19.6 Å². The molecule has 0 radical (unpaired) electrons. The molecular weight excluding hydrogens is 208 g/mol. The van der Waals surface area contributed by atoms with Gasteiger partial charge in [0.1, 0.15) is 5.69 Å². The van der Waals surface area contributed by atoms with Crippen molar-refractivity contribution >= 4 is 5.78 Å². The molecule has 0 bridgehead atoms. The van der Waals surface area contributed by atoms with Crippen LogP contribution in [0.5, 0.6) is 5.88 Å². The molecule has 0 atom stereocenters. The SMILES string of the molecule is COc1ccc(C(=O)Cc2ccoc2)nn1. The molecule has 0 saturated carbocycles. The molecule has 0 spiro atoms. The van der Waals surface area contributed by atoms with Crippen LogP contribution in [0.4, 0.5) is 0 Å². The van der Waals surface area contributed by atoms with Gasteiger partial charge < -0.3 is 9.15 Å². The van der Waals surface area contributed by atoms with Crippen LogP contribution in [0.3, 0.4) is 0 Å². The Morgan fingerprint density at radius 3 is 2.81 bits per heavy atom. The molecule has 5 heteroatoms. The van der Waals surface area contributed by atoms with E-state index in [4.69, 9.17) is 9.15 Å². The maximum Gasteiger partial charge on any atom is 0.233 e. The zero-order valence-electron chi connectivity index (χ0n) is 8.71. The lowest BCUT2D eigenvalue weighted by atomic mass is 10.1. The number of ether oxygens (including phenoxy) is 1. The summed E-state index contributed by atoms with van der Waals surface area (Å²) in [6.07, 6.45) is 3.33. The third-order valence-electron chi connectivity index (χ3n) is 2.08. The standard InChI is InChI=1S/C11H10N2O3/c1-15-11-3-2-9(12-13-11)10(14)6-8-4-5-16-7-8/h2-5,7H,6H2,1H3. The molecule has 16 heavy (non-hydrogen) atoms. The fourth-order valence-corrected chi connectivity index (χ4v) is 1.25. The maximum absolute atomic E-state index is 11.7. The second-order valence-electron chi connectivity index (χ2n) is 3.19. The van der Waals surface area contributed by atoms with Crippen LogP contribution in [-0.4, -0.2) is 23.1 Å². The first-order valence-electron chi connectivity index (χ1n) is 4.71. The average molecular weight is 218 g/mol. The molecule has 2 aromatic rings. The van der Waals surface area contributed by atoms with Crippen molar-refractivity contribution in [3.8, 4) is 5.88 Å².